The zero-order chi connectivity index (χ0) is 34.6. The average Bonchev–Trinajstić information content (AvgIpc) is 3.67. The molecule has 1 fully saturated rings. The van der Waals surface area contributed by atoms with Crippen molar-refractivity contribution >= 4 is 28.8 Å². The largest absolute Gasteiger partial charge is 0.490 e. The molecule has 0 spiro atoms. The molecule has 0 saturated carbocycles. The molecule has 1 aliphatic rings. The highest BCUT2D eigenvalue weighted by Crippen LogP contribution is 2.39. The Balaban J connectivity index is 1.57. The second kappa shape index (κ2) is 14.9. The number of hydrogen-bond donors (Lipinski definition) is 0. The summed E-state index contributed by atoms with van der Waals surface area (Å²) in [6.45, 7) is 20.3. The van der Waals surface area contributed by atoms with Crippen LogP contribution in [0.1, 0.15) is 102 Å². The number of rotatable bonds is 13. The maximum absolute atomic E-state index is 13.6. The molecule has 0 unspecified atom stereocenters. The lowest BCUT2D eigenvalue weighted by Gasteiger charge is -2.41. The molecule has 1 aromatic carbocycles. The molecule has 48 heavy (non-hydrogen) atoms. The Labute approximate surface area is 288 Å². The molecule has 0 bridgehead atoms. The van der Waals surface area contributed by atoms with Gasteiger partial charge in [-0.3, -0.25) is 0 Å². The van der Waals surface area contributed by atoms with Crippen LogP contribution in [-0.2, 0) is 25.4 Å². The fraction of sp³-hybridized carbons (Fsp3) is 0.568. The molecule has 3 aromatic heterocycles. The van der Waals surface area contributed by atoms with Gasteiger partial charge in [-0.25, -0.2) is 14.8 Å². The number of hydrogen-bond acceptors (Lipinski definition) is 10. The van der Waals surface area contributed by atoms with Crippen LogP contribution >= 0.6 is 11.3 Å². The van der Waals surface area contributed by atoms with Crippen LogP contribution in [0.15, 0.2) is 36.5 Å². The predicted octanol–water partition coefficient (Wildman–Crippen LogP) is 7.74. The number of carbonyl (C=O) groups is 1. The van der Waals surface area contributed by atoms with Crippen LogP contribution in [0.2, 0.25) is 0 Å². The van der Waals surface area contributed by atoms with E-state index in [2.05, 4.69) is 31.7 Å². The van der Waals surface area contributed by atoms with Crippen LogP contribution in [0.3, 0.4) is 0 Å². The van der Waals surface area contributed by atoms with Crippen molar-refractivity contribution in [3.05, 3.63) is 58.2 Å². The molecule has 4 heterocycles. The number of carbonyl (C=O) groups excluding carboxylic acids is 1. The van der Waals surface area contributed by atoms with E-state index >= 15 is 0 Å². The van der Waals surface area contributed by atoms with E-state index in [1.54, 1.807) is 18.3 Å². The number of aromatic nitrogens is 4. The average molecular weight is 678 g/mol. The molecular formula is C37H51N5O5S. The molecule has 0 aliphatic carbocycles. The molecule has 1 saturated heterocycles. The second-order valence-corrected chi connectivity index (χ2v) is 14.8. The van der Waals surface area contributed by atoms with E-state index in [1.165, 1.54) is 0 Å². The van der Waals surface area contributed by atoms with Gasteiger partial charge in [0, 0.05) is 49.0 Å². The monoisotopic (exact) mass is 677 g/mol. The first-order valence-electron chi connectivity index (χ1n) is 17.2. The second-order valence-electron chi connectivity index (χ2n) is 13.7. The van der Waals surface area contributed by atoms with Gasteiger partial charge in [0.05, 0.1) is 29.5 Å². The van der Waals surface area contributed by atoms with Gasteiger partial charge < -0.3 is 23.8 Å². The minimum atomic E-state index is -0.978. The van der Waals surface area contributed by atoms with Gasteiger partial charge in [-0.15, -0.1) is 11.3 Å². The molecule has 10 nitrogen and oxygen atoms in total. The van der Waals surface area contributed by atoms with E-state index in [4.69, 9.17) is 34.0 Å². The Bertz CT molecular complexity index is 1700. The summed E-state index contributed by atoms with van der Waals surface area (Å²) in [5, 5.41) is 5.90. The third-order valence-corrected chi connectivity index (χ3v) is 9.68. The maximum Gasteiger partial charge on any atom is 0.340 e. The quantitative estimate of drug-likeness (QED) is 0.132. The van der Waals surface area contributed by atoms with E-state index in [0.717, 1.165) is 65.1 Å². The molecule has 0 radical (unpaired) electrons. The molecule has 4 aromatic rings. The number of benzene rings is 1. The summed E-state index contributed by atoms with van der Waals surface area (Å²) in [4.78, 5) is 26.7. The van der Waals surface area contributed by atoms with E-state index < -0.39 is 17.7 Å². The number of nitrogens with zero attached hydrogens (tertiary/aromatic N) is 5. The topological polar surface area (TPSA) is 100 Å². The Hall–Kier alpha value is -3.54. The molecule has 2 atom stereocenters. The minimum absolute atomic E-state index is 0.140. The molecular weight excluding hydrogens is 627 g/mol. The molecule has 5 rings (SSSR count). The minimum Gasteiger partial charge on any atom is -0.490 e. The molecule has 11 heteroatoms. The van der Waals surface area contributed by atoms with Crippen LogP contribution < -0.4 is 9.64 Å². The van der Waals surface area contributed by atoms with Crippen LogP contribution in [0.4, 0.5) is 5.82 Å². The first-order valence-corrected chi connectivity index (χ1v) is 18.0. The first kappa shape index (κ1) is 35.8. The van der Waals surface area contributed by atoms with Crippen molar-refractivity contribution in [2.24, 2.45) is 0 Å². The number of thiazole rings is 1. The van der Waals surface area contributed by atoms with E-state index in [1.807, 2.05) is 69.6 Å². The summed E-state index contributed by atoms with van der Waals surface area (Å²) < 4.78 is 26.2. The van der Waals surface area contributed by atoms with Crippen LogP contribution in [0.25, 0.3) is 16.3 Å². The zero-order valence-corrected chi connectivity index (χ0v) is 30.8. The van der Waals surface area contributed by atoms with Crippen molar-refractivity contribution in [1.82, 2.24) is 19.6 Å². The molecule has 1 aliphatic heterocycles. The van der Waals surface area contributed by atoms with Crippen molar-refractivity contribution in [2.45, 2.75) is 111 Å². The van der Waals surface area contributed by atoms with Crippen molar-refractivity contribution in [1.29, 1.82) is 0 Å². The number of aryl methyl sites for hydroxylation is 1. The predicted molar refractivity (Wildman–Crippen MR) is 190 cm³/mol. The maximum atomic E-state index is 13.6. The number of ether oxygens (including phenoxy) is 4. The lowest BCUT2D eigenvalue weighted by molar-refractivity contribution is -0.166. The normalized spacial score (nSPS) is 16.2. The van der Waals surface area contributed by atoms with Gasteiger partial charge in [-0.1, -0.05) is 25.1 Å². The lowest BCUT2D eigenvalue weighted by Crippen LogP contribution is -2.45. The van der Waals surface area contributed by atoms with E-state index in [9.17, 15) is 4.79 Å². The fourth-order valence-electron chi connectivity index (χ4n) is 6.07. The van der Waals surface area contributed by atoms with Crippen molar-refractivity contribution in [2.75, 3.05) is 31.2 Å². The van der Waals surface area contributed by atoms with Gasteiger partial charge >= 0.3 is 5.97 Å². The summed E-state index contributed by atoms with van der Waals surface area (Å²) in [6, 6.07) is 10.2. The molecule has 260 valence electrons. The van der Waals surface area contributed by atoms with Crippen molar-refractivity contribution in [3.8, 4) is 16.5 Å². The Morgan fingerprint density at radius 1 is 1.10 bits per heavy atom. The van der Waals surface area contributed by atoms with Crippen LogP contribution in [-0.4, -0.2) is 69.2 Å². The van der Waals surface area contributed by atoms with Gasteiger partial charge in [0.15, 0.2) is 11.8 Å². The van der Waals surface area contributed by atoms with Gasteiger partial charge in [-0.05, 0) is 86.3 Å². The highest BCUT2D eigenvalue weighted by atomic mass is 32.1. The smallest absolute Gasteiger partial charge is 0.340 e. The standard InChI is InChI=1S/C37H51N5O5S/c1-10-24(4)46-29-16-14-13-15-26(29)21-27-23-38-33(48-27)28-22-30-39-25(5)31(32(35(43)44-11-2)47-36(6,7)8)34(42(30)40-28)41-19-17-37(9,18-20-41)45-12-3/h13-16,22-24,32H,10-12,17-21H2,1-9H3/t24-,32+/m1/s1. The Morgan fingerprint density at radius 3 is 2.50 bits per heavy atom. The fourth-order valence-corrected chi connectivity index (χ4v) is 6.96. The SMILES string of the molecule is CCOC(=O)[C@@H](OC(C)(C)C)c1c(C)nc2cc(-c3ncc(Cc4ccccc4O[C@H](C)CC)s3)nn2c1N1CCC(C)(OCC)CC1. The van der Waals surface area contributed by atoms with Crippen molar-refractivity contribution < 1.29 is 23.7 Å². The Kier molecular flexibility index (Phi) is 11.1. The zero-order valence-electron chi connectivity index (χ0n) is 30.0. The highest BCUT2D eigenvalue weighted by molar-refractivity contribution is 7.15. The highest BCUT2D eigenvalue weighted by Gasteiger charge is 2.38. The number of fused-ring (bicyclic) bond motifs is 1. The number of para-hydroxylation sites is 1. The Morgan fingerprint density at radius 2 is 1.83 bits per heavy atom. The summed E-state index contributed by atoms with van der Waals surface area (Å²) >= 11 is 1.61. The lowest BCUT2D eigenvalue weighted by atomic mass is 9.92. The van der Waals surface area contributed by atoms with Crippen LogP contribution in [0, 0.1) is 6.92 Å². The summed E-state index contributed by atoms with van der Waals surface area (Å²) in [5.41, 5.74) is 3.07. The molecule has 0 amide bonds. The first-order chi connectivity index (χ1) is 22.8. The van der Waals surface area contributed by atoms with Gasteiger partial charge in [0.25, 0.3) is 0 Å². The number of esters is 1. The van der Waals surface area contributed by atoms with E-state index in [-0.39, 0.29) is 18.3 Å². The van der Waals surface area contributed by atoms with Gasteiger partial charge in [0.2, 0.25) is 0 Å². The summed E-state index contributed by atoms with van der Waals surface area (Å²) in [5.74, 6) is 1.25. The van der Waals surface area contributed by atoms with Gasteiger partial charge in [-0.2, -0.15) is 9.61 Å². The number of piperidine rings is 1. The van der Waals surface area contributed by atoms with Crippen molar-refractivity contribution in [3.63, 3.8) is 0 Å². The summed E-state index contributed by atoms with van der Waals surface area (Å²) in [7, 11) is 0. The third-order valence-electron chi connectivity index (χ3n) is 8.66. The third kappa shape index (κ3) is 8.18. The van der Waals surface area contributed by atoms with Gasteiger partial charge in [0.1, 0.15) is 22.3 Å². The summed E-state index contributed by atoms with van der Waals surface area (Å²) in [6.07, 6.45) is 4.40. The number of anilines is 1. The van der Waals surface area contributed by atoms with E-state index in [0.29, 0.717) is 29.9 Å². The van der Waals surface area contributed by atoms with Crippen LogP contribution in [0.5, 0.6) is 5.75 Å². The molecule has 0 N–H and O–H groups in total.